The largest absolute Gasteiger partial charge is 0.373 e. The molecule has 6 heteroatoms. The van der Waals surface area contributed by atoms with E-state index in [2.05, 4.69) is 25.8 Å². The molecule has 2 fully saturated rings. The number of likely N-dealkylation sites (tertiary alicyclic amines) is 1. The molecule has 4 rings (SSSR count). The van der Waals surface area contributed by atoms with Gasteiger partial charge < -0.3 is 16.0 Å². The molecule has 30 heavy (non-hydrogen) atoms. The van der Waals surface area contributed by atoms with Gasteiger partial charge in [-0.25, -0.2) is 9.37 Å². The summed E-state index contributed by atoms with van der Waals surface area (Å²) in [4.78, 5) is 6.86. The van der Waals surface area contributed by atoms with Crippen molar-refractivity contribution in [2.75, 3.05) is 32.0 Å². The summed E-state index contributed by atoms with van der Waals surface area (Å²) < 4.78 is 14.7. The van der Waals surface area contributed by atoms with Crippen LogP contribution in [0.25, 0.3) is 0 Å². The fourth-order valence-electron chi connectivity index (χ4n) is 4.95. The van der Waals surface area contributed by atoms with Gasteiger partial charge >= 0.3 is 0 Å². The average Bonchev–Trinajstić information content (AvgIpc) is 3.35. The summed E-state index contributed by atoms with van der Waals surface area (Å²) in [6.07, 6.45) is 10.5. The second-order valence-corrected chi connectivity index (χ2v) is 8.22. The summed E-state index contributed by atoms with van der Waals surface area (Å²) >= 11 is 0. The standard InChI is InChI=1S/C22H32FN5.C2H6/c1-15(17-7-3-12-26-22(17)24-2)21-18(23)9-10-20(27-21)28-13-5-6-16(14-28)19-8-4-11-25-19;1-2/h3,7,9-10,12,15-16,19-20,25,27H,4-6,8,11,13-14H2,1-2H3,(H,24,26);1-2H3. The van der Waals surface area contributed by atoms with Crippen molar-refractivity contribution in [2.45, 2.75) is 64.6 Å². The first kappa shape index (κ1) is 22.8. The Labute approximate surface area is 181 Å². The van der Waals surface area contributed by atoms with Crippen LogP contribution in [0.3, 0.4) is 0 Å². The third-order valence-electron chi connectivity index (χ3n) is 6.51. The van der Waals surface area contributed by atoms with Crippen molar-refractivity contribution in [3.05, 3.63) is 47.6 Å². The number of hydrogen-bond acceptors (Lipinski definition) is 5. The monoisotopic (exact) mass is 415 g/mol. The van der Waals surface area contributed by atoms with Crippen LogP contribution in [0.4, 0.5) is 10.2 Å². The molecule has 2 saturated heterocycles. The SMILES string of the molecule is CC.CNc1ncccc1C(C)C1=C(F)C=CC(N2CCCC(C3CCCN3)C2)N1. The molecule has 0 aromatic carbocycles. The van der Waals surface area contributed by atoms with Crippen LogP contribution in [0.1, 0.15) is 57.9 Å². The Kier molecular flexibility index (Phi) is 8.28. The highest BCUT2D eigenvalue weighted by molar-refractivity contribution is 5.49. The van der Waals surface area contributed by atoms with Crippen LogP contribution in [0.5, 0.6) is 0 Å². The molecule has 3 aliphatic heterocycles. The van der Waals surface area contributed by atoms with Crippen LogP contribution in [0.15, 0.2) is 42.0 Å². The van der Waals surface area contributed by atoms with Gasteiger partial charge in [0.1, 0.15) is 11.6 Å². The van der Waals surface area contributed by atoms with E-state index in [-0.39, 0.29) is 17.9 Å². The van der Waals surface area contributed by atoms with Crippen molar-refractivity contribution < 1.29 is 4.39 Å². The lowest BCUT2D eigenvalue weighted by Gasteiger charge is -2.41. The van der Waals surface area contributed by atoms with E-state index in [4.69, 9.17) is 0 Å². The van der Waals surface area contributed by atoms with Gasteiger partial charge in [0, 0.05) is 43.9 Å². The molecule has 0 amide bonds. The van der Waals surface area contributed by atoms with Crippen LogP contribution in [-0.2, 0) is 0 Å². The van der Waals surface area contributed by atoms with Gasteiger partial charge in [-0.2, -0.15) is 0 Å². The number of rotatable bonds is 5. The number of nitrogens with one attached hydrogen (secondary N) is 3. The molecule has 3 N–H and O–H groups in total. The first-order chi connectivity index (χ1) is 14.7. The van der Waals surface area contributed by atoms with Crippen molar-refractivity contribution in [1.29, 1.82) is 0 Å². The molecule has 0 aliphatic carbocycles. The van der Waals surface area contributed by atoms with E-state index in [0.29, 0.717) is 17.7 Å². The van der Waals surface area contributed by atoms with Crippen LogP contribution >= 0.6 is 0 Å². The number of halogens is 1. The molecule has 5 nitrogen and oxygen atoms in total. The molecular formula is C24H38FN5. The molecule has 166 valence electrons. The Hall–Kier alpha value is -1.92. The molecule has 0 saturated carbocycles. The lowest BCUT2D eigenvalue weighted by molar-refractivity contribution is 0.113. The Morgan fingerprint density at radius 2 is 2.10 bits per heavy atom. The number of pyridine rings is 1. The number of dihydropyridines is 1. The second kappa shape index (κ2) is 10.9. The van der Waals surface area contributed by atoms with Gasteiger partial charge in [0.25, 0.3) is 0 Å². The van der Waals surface area contributed by atoms with Crippen LogP contribution in [0, 0.1) is 5.92 Å². The maximum atomic E-state index is 14.7. The third kappa shape index (κ3) is 5.03. The van der Waals surface area contributed by atoms with E-state index in [1.165, 1.54) is 25.7 Å². The Balaban J connectivity index is 0.00000124. The lowest BCUT2D eigenvalue weighted by Crippen LogP contribution is -2.52. The zero-order valence-electron chi connectivity index (χ0n) is 18.9. The molecule has 3 aliphatic rings. The number of aromatic nitrogens is 1. The van der Waals surface area contributed by atoms with E-state index in [1.807, 2.05) is 46.0 Å². The van der Waals surface area contributed by atoms with Crippen molar-refractivity contribution in [1.82, 2.24) is 20.5 Å². The minimum absolute atomic E-state index is 0.0517. The quantitative estimate of drug-likeness (QED) is 0.666. The number of allylic oxidation sites excluding steroid dienone is 3. The van der Waals surface area contributed by atoms with E-state index >= 15 is 0 Å². The first-order valence-electron chi connectivity index (χ1n) is 11.6. The highest BCUT2D eigenvalue weighted by Crippen LogP contribution is 2.33. The van der Waals surface area contributed by atoms with Crippen molar-refractivity contribution >= 4 is 5.82 Å². The summed E-state index contributed by atoms with van der Waals surface area (Å²) in [6, 6.07) is 4.57. The lowest BCUT2D eigenvalue weighted by atomic mass is 9.89. The fraction of sp³-hybridized carbons (Fsp3) is 0.625. The van der Waals surface area contributed by atoms with Gasteiger partial charge in [-0.3, -0.25) is 4.90 Å². The Morgan fingerprint density at radius 1 is 1.27 bits per heavy atom. The highest BCUT2D eigenvalue weighted by atomic mass is 19.1. The molecular weight excluding hydrogens is 377 g/mol. The van der Waals surface area contributed by atoms with Gasteiger partial charge in [0.15, 0.2) is 0 Å². The number of anilines is 1. The van der Waals surface area contributed by atoms with Crippen molar-refractivity contribution in [2.24, 2.45) is 5.92 Å². The van der Waals surface area contributed by atoms with E-state index in [9.17, 15) is 4.39 Å². The fourth-order valence-corrected chi connectivity index (χ4v) is 4.95. The normalized spacial score (nSPS) is 27.8. The maximum absolute atomic E-state index is 14.7. The average molecular weight is 416 g/mol. The Bertz CT molecular complexity index is 741. The molecule has 1 aromatic rings. The van der Waals surface area contributed by atoms with Crippen molar-refractivity contribution in [3.63, 3.8) is 0 Å². The predicted molar refractivity (Wildman–Crippen MR) is 123 cm³/mol. The molecule has 1 aromatic heterocycles. The van der Waals surface area contributed by atoms with Gasteiger partial charge in [0.05, 0.1) is 11.9 Å². The van der Waals surface area contributed by atoms with E-state index < -0.39 is 0 Å². The van der Waals surface area contributed by atoms with E-state index in [1.54, 1.807) is 12.3 Å². The minimum Gasteiger partial charge on any atom is -0.373 e. The van der Waals surface area contributed by atoms with E-state index in [0.717, 1.165) is 31.0 Å². The molecule has 4 unspecified atom stereocenters. The second-order valence-electron chi connectivity index (χ2n) is 8.22. The summed E-state index contributed by atoms with van der Waals surface area (Å²) in [7, 11) is 1.85. The topological polar surface area (TPSA) is 52.2 Å². The van der Waals surface area contributed by atoms with Gasteiger partial charge in [-0.05, 0) is 56.4 Å². The smallest absolute Gasteiger partial charge is 0.142 e. The number of hydrogen-bond donors (Lipinski definition) is 3. The summed E-state index contributed by atoms with van der Waals surface area (Å²) in [5, 5.41) is 10.3. The molecule has 0 bridgehead atoms. The van der Waals surface area contributed by atoms with Crippen molar-refractivity contribution in [3.8, 4) is 0 Å². The minimum atomic E-state index is -0.180. The number of piperidine rings is 1. The van der Waals surface area contributed by atoms with Gasteiger partial charge in [-0.15, -0.1) is 0 Å². The van der Waals surface area contributed by atoms with Crippen LogP contribution < -0.4 is 16.0 Å². The highest BCUT2D eigenvalue weighted by Gasteiger charge is 2.33. The van der Waals surface area contributed by atoms with Crippen LogP contribution in [0.2, 0.25) is 0 Å². The zero-order valence-corrected chi connectivity index (χ0v) is 18.9. The summed E-state index contributed by atoms with van der Waals surface area (Å²) in [6.45, 7) is 9.31. The van der Waals surface area contributed by atoms with Gasteiger partial charge in [0.2, 0.25) is 0 Å². The first-order valence-corrected chi connectivity index (χ1v) is 11.6. The summed E-state index contributed by atoms with van der Waals surface area (Å²) in [5.41, 5.74) is 1.65. The molecule has 0 spiro atoms. The van der Waals surface area contributed by atoms with Crippen LogP contribution in [-0.4, -0.2) is 48.8 Å². The molecule has 4 atom stereocenters. The van der Waals surface area contributed by atoms with Gasteiger partial charge in [-0.1, -0.05) is 26.8 Å². The maximum Gasteiger partial charge on any atom is 0.142 e. The zero-order chi connectivity index (χ0) is 21.5. The molecule has 4 heterocycles. The number of nitrogens with zero attached hydrogens (tertiary/aromatic N) is 2. The Morgan fingerprint density at radius 3 is 2.83 bits per heavy atom. The molecule has 0 radical (unpaired) electrons. The third-order valence-corrected chi connectivity index (χ3v) is 6.51. The predicted octanol–water partition coefficient (Wildman–Crippen LogP) is 4.38. The summed E-state index contributed by atoms with van der Waals surface area (Å²) in [5.74, 6) is 1.22.